The number of aliphatic carboxylic acids is 1. The van der Waals surface area contributed by atoms with Crippen molar-refractivity contribution in [3.8, 4) is 0 Å². The van der Waals surface area contributed by atoms with E-state index in [1.54, 1.807) is 10.9 Å². The number of anilines is 1. The lowest BCUT2D eigenvalue weighted by Crippen LogP contribution is -2.71. The Kier molecular flexibility index (Phi) is 12.1. The molecule has 4 rings (SSSR count). The quantitative estimate of drug-likeness (QED) is 0.119. The highest BCUT2D eigenvalue weighted by Crippen LogP contribution is 2.41. The van der Waals surface area contributed by atoms with Gasteiger partial charge in [0, 0.05) is 23.4 Å². The number of hydrogen-bond acceptors (Lipinski definition) is 14. The molecule has 0 saturated carbocycles. The molecule has 0 radical (unpaired) electrons. The molecule has 2 amide bonds. The molecule has 38 heavy (non-hydrogen) atoms. The predicted octanol–water partition coefficient (Wildman–Crippen LogP) is 1.41. The summed E-state index contributed by atoms with van der Waals surface area (Å²) in [7, 11) is 0. The third kappa shape index (κ3) is 6.88. The van der Waals surface area contributed by atoms with Crippen molar-refractivity contribution in [1.82, 2.24) is 25.4 Å². The zero-order valence-electron chi connectivity index (χ0n) is 19.6. The van der Waals surface area contributed by atoms with E-state index in [1.807, 2.05) is 6.92 Å². The molecule has 3 atom stereocenters. The fraction of sp³-hybridized carbons (Fsp3) is 0.421. The van der Waals surface area contributed by atoms with Crippen LogP contribution in [0.3, 0.4) is 0 Å². The summed E-state index contributed by atoms with van der Waals surface area (Å²) in [6.45, 7) is 2.07. The molecule has 2 aliphatic heterocycles. The van der Waals surface area contributed by atoms with Crippen molar-refractivity contribution in [2.24, 2.45) is 10.9 Å². The SMILES string of the molecule is CCC(CN)O/N=C(/C(=O)NC1C(=O)N2C(C(=O)O)=C(CSc3nncs3)CS[C@H]12)c1csc(N)n1.Cl.Cl. The van der Waals surface area contributed by atoms with E-state index in [4.69, 9.17) is 16.3 Å². The first-order valence-corrected chi connectivity index (χ1v) is 14.4. The van der Waals surface area contributed by atoms with Gasteiger partial charge >= 0.3 is 5.97 Å². The molecule has 0 spiro atoms. The maximum absolute atomic E-state index is 13.1. The zero-order chi connectivity index (χ0) is 25.8. The van der Waals surface area contributed by atoms with E-state index in [1.165, 1.54) is 39.8 Å². The van der Waals surface area contributed by atoms with Crippen molar-refractivity contribution < 1.29 is 24.3 Å². The number of fused-ring (bicyclic) bond motifs is 1. The number of carbonyl (C=O) groups excluding carboxylic acids is 2. The highest BCUT2D eigenvalue weighted by Gasteiger charge is 2.54. The van der Waals surface area contributed by atoms with Crippen molar-refractivity contribution >= 4 is 99.6 Å². The number of nitrogens with two attached hydrogens (primary N) is 2. The van der Waals surface area contributed by atoms with Gasteiger partial charge in [-0.25, -0.2) is 9.78 Å². The Morgan fingerprint density at radius 1 is 1.39 bits per heavy atom. The summed E-state index contributed by atoms with van der Waals surface area (Å²) in [4.78, 5) is 48.9. The standard InChI is InChI=1S/C19H22N8O5S4.2ClH/c1-2-9(3-20)32-26-11(10-6-34-18(21)23-10)14(28)24-12-15(29)27-13(17(30)31)8(4-33-16(12)27)5-35-19-25-22-7-36-19;;/h6-7,9,12,16H,2-5,20H2,1H3,(H2,21,23)(H,24,28)(H,30,31);2*1H/b26-11+;;/t9?,12?,16-;;/m1../s1. The van der Waals surface area contributed by atoms with Crippen LogP contribution in [0.25, 0.3) is 0 Å². The number of hydrogen-bond donors (Lipinski definition) is 4. The minimum Gasteiger partial charge on any atom is -0.477 e. The maximum atomic E-state index is 13.1. The summed E-state index contributed by atoms with van der Waals surface area (Å²) in [6, 6.07) is -0.938. The molecule has 208 valence electrons. The summed E-state index contributed by atoms with van der Waals surface area (Å²) in [6.07, 6.45) is 0.172. The Labute approximate surface area is 246 Å². The average molecular weight is 644 g/mol. The molecule has 13 nitrogen and oxygen atoms in total. The molecule has 0 bridgehead atoms. The van der Waals surface area contributed by atoms with Crippen molar-refractivity contribution in [1.29, 1.82) is 0 Å². The molecular weight excluding hydrogens is 619 g/mol. The van der Waals surface area contributed by atoms with Crippen LogP contribution < -0.4 is 16.8 Å². The summed E-state index contributed by atoms with van der Waals surface area (Å²) in [5.41, 5.74) is 13.5. The number of halogens is 2. The summed E-state index contributed by atoms with van der Waals surface area (Å²) in [5.74, 6) is -1.68. The number of nitrogen functional groups attached to an aromatic ring is 1. The molecule has 2 aliphatic rings. The van der Waals surface area contributed by atoms with Crippen LogP contribution >= 0.6 is 71.0 Å². The second-order valence-electron chi connectivity index (χ2n) is 7.49. The Morgan fingerprint density at radius 3 is 2.74 bits per heavy atom. The van der Waals surface area contributed by atoms with Crippen molar-refractivity contribution in [3.63, 3.8) is 0 Å². The largest absolute Gasteiger partial charge is 0.477 e. The topological polar surface area (TPSA) is 199 Å². The van der Waals surface area contributed by atoms with Crippen molar-refractivity contribution in [3.05, 3.63) is 27.9 Å². The molecule has 0 aromatic carbocycles. The minimum atomic E-state index is -1.20. The fourth-order valence-corrected chi connectivity index (χ4v) is 6.91. The van der Waals surface area contributed by atoms with Crippen LogP contribution in [-0.4, -0.2) is 84.3 Å². The van der Waals surface area contributed by atoms with E-state index in [0.29, 0.717) is 27.8 Å². The second-order valence-corrected chi connectivity index (χ2v) is 11.5. The van der Waals surface area contributed by atoms with Gasteiger partial charge in [0.05, 0.1) is 0 Å². The van der Waals surface area contributed by atoms with Gasteiger partial charge in [0.25, 0.3) is 11.8 Å². The predicted molar refractivity (Wildman–Crippen MR) is 152 cm³/mol. The summed E-state index contributed by atoms with van der Waals surface area (Å²) in [5, 5.41) is 25.4. The smallest absolute Gasteiger partial charge is 0.352 e. The molecule has 2 aromatic rings. The highest BCUT2D eigenvalue weighted by atomic mass is 35.5. The van der Waals surface area contributed by atoms with Gasteiger partial charge < -0.3 is 26.7 Å². The number of carboxylic acids is 1. The Hall–Kier alpha value is -2.15. The van der Waals surface area contributed by atoms with Crippen LogP contribution in [0.15, 0.2) is 31.7 Å². The minimum absolute atomic E-state index is 0. The Bertz CT molecular complexity index is 1210. The van der Waals surface area contributed by atoms with Crippen LogP contribution in [0.2, 0.25) is 0 Å². The Balaban J connectivity index is 0.00000253. The zero-order valence-corrected chi connectivity index (χ0v) is 24.5. The molecule has 1 fully saturated rings. The van der Waals surface area contributed by atoms with E-state index in [2.05, 4.69) is 25.7 Å². The van der Waals surface area contributed by atoms with E-state index in [0.717, 1.165) is 11.3 Å². The van der Waals surface area contributed by atoms with Gasteiger partial charge in [-0.2, -0.15) is 0 Å². The summed E-state index contributed by atoms with van der Waals surface area (Å²) < 4.78 is 0.705. The normalized spacial score (nSPS) is 19.5. The van der Waals surface area contributed by atoms with Crippen LogP contribution in [0.4, 0.5) is 5.13 Å². The number of carboxylic acid groups (broad SMARTS) is 1. The number of thiazole rings is 1. The lowest BCUT2D eigenvalue weighted by molar-refractivity contribution is -0.150. The van der Waals surface area contributed by atoms with Gasteiger partial charge in [-0.15, -0.1) is 58.1 Å². The number of aromatic nitrogens is 3. The summed E-state index contributed by atoms with van der Waals surface area (Å²) >= 11 is 5.21. The first-order valence-electron chi connectivity index (χ1n) is 10.6. The second kappa shape index (κ2) is 14.3. The monoisotopic (exact) mass is 642 g/mol. The maximum Gasteiger partial charge on any atom is 0.352 e. The highest BCUT2D eigenvalue weighted by molar-refractivity contribution is 8.01. The first-order chi connectivity index (χ1) is 17.3. The average Bonchev–Trinajstić information content (AvgIpc) is 3.55. The third-order valence-electron chi connectivity index (χ3n) is 5.24. The number of rotatable bonds is 11. The van der Waals surface area contributed by atoms with Gasteiger partial charge in [-0.05, 0) is 12.0 Å². The van der Waals surface area contributed by atoms with E-state index < -0.39 is 35.3 Å². The van der Waals surface area contributed by atoms with Crippen LogP contribution in [0.5, 0.6) is 0 Å². The third-order valence-corrected chi connectivity index (χ3v) is 9.20. The lowest BCUT2D eigenvalue weighted by atomic mass is 10.0. The molecule has 1 saturated heterocycles. The van der Waals surface area contributed by atoms with E-state index in [9.17, 15) is 19.5 Å². The number of nitrogens with zero attached hydrogens (tertiary/aromatic N) is 5. The lowest BCUT2D eigenvalue weighted by Gasteiger charge is -2.49. The molecule has 4 heterocycles. The van der Waals surface area contributed by atoms with Crippen LogP contribution in [-0.2, 0) is 19.2 Å². The number of oxime groups is 1. The fourth-order valence-electron chi connectivity index (χ4n) is 3.39. The van der Waals surface area contributed by atoms with Crippen molar-refractivity contribution in [2.45, 2.75) is 35.2 Å². The van der Waals surface area contributed by atoms with E-state index >= 15 is 0 Å². The molecule has 6 N–H and O–H groups in total. The van der Waals surface area contributed by atoms with Gasteiger partial charge in [-0.3, -0.25) is 14.5 Å². The van der Waals surface area contributed by atoms with Crippen molar-refractivity contribution in [2.75, 3.05) is 23.8 Å². The van der Waals surface area contributed by atoms with E-state index in [-0.39, 0.29) is 53.6 Å². The van der Waals surface area contributed by atoms with Gasteiger partial charge in [0.1, 0.15) is 34.4 Å². The number of thioether (sulfide) groups is 2. The number of amides is 2. The molecular formula is C19H24Cl2N8O5S4. The molecule has 19 heteroatoms. The van der Waals surface area contributed by atoms with Gasteiger partial charge in [0.15, 0.2) is 15.2 Å². The molecule has 2 aromatic heterocycles. The Morgan fingerprint density at radius 2 is 2.16 bits per heavy atom. The van der Waals surface area contributed by atoms with Gasteiger partial charge in [-0.1, -0.05) is 35.2 Å². The van der Waals surface area contributed by atoms with Gasteiger partial charge in [0.2, 0.25) is 0 Å². The molecule has 0 aliphatic carbocycles. The number of carbonyl (C=O) groups is 3. The van der Waals surface area contributed by atoms with Crippen LogP contribution in [0.1, 0.15) is 19.0 Å². The number of β-lactam (4-membered cyclic amide) rings is 1. The van der Waals surface area contributed by atoms with Crippen LogP contribution in [0, 0.1) is 0 Å². The molecule has 2 unspecified atom stereocenters. The number of nitrogens with one attached hydrogen (secondary N) is 1. The first kappa shape index (κ1) is 32.1.